The Kier molecular flexibility index (Phi) is 5.53. The van der Waals surface area contributed by atoms with Crippen molar-refractivity contribution in [2.75, 3.05) is 7.11 Å². The lowest BCUT2D eigenvalue weighted by Gasteiger charge is -2.35. The summed E-state index contributed by atoms with van der Waals surface area (Å²) in [6.45, 7) is 3.74. The van der Waals surface area contributed by atoms with Crippen LogP contribution in [0.5, 0.6) is 5.75 Å². The number of nitrogens with zero attached hydrogens (tertiary/aromatic N) is 1. The molecule has 1 aliphatic heterocycles. The zero-order chi connectivity index (χ0) is 18.9. The lowest BCUT2D eigenvalue weighted by atomic mass is 10.00. The fourth-order valence-electron chi connectivity index (χ4n) is 2.90. The van der Waals surface area contributed by atoms with Crippen LogP contribution >= 0.6 is 15.9 Å². The van der Waals surface area contributed by atoms with E-state index in [9.17, 15) is 8.42 Å². The highest BCUT2D eigenvalue weighted by Crippen LogP contribution is 2.35. The van der Waals surface area contributed by atoms with E-state index in [2.05, 4.69) is 15.9 Å². The van der Waals surface area contributed by atoms with Crippen molar-refractivity contribution in [3.63, 3.8) is 0 Å². The molecule has 0 aliphatic carbocycles. The maximum absolute atomic E-state index is 13.0. The van der Waals surface area contributed by atoms with E-state index in [1.165, 1.54) is 0 Å². The number of halogens is 1. The minimum absolute atomic E-state index is 0.189. The van der Waals surface area contributed by atoms with E-state index in [1.807, 2.05) is 37.3 Å². The van der Waals surface area contributed by atoms with Crippen molar-refractivity contribution in [2.24, 2.45) is 0 Å². The van der Waals surface area contributed by atoms with Gasteiger partial charge in [-0.1, -0.05) is 38.6 Å². The Bertz CT molecular complexity index is 908. The molecule has 7 heteroatoms. The summed E-state index contributed by atoms with van der Waals surface area (Å²) in [5, 5.41) is 0. The topological polar surface area (TPSA) is 55.8 Å². The zero-order valence-electron chi connectivity index (χ0n) is 14.7. The Morgan fingerprint density at radius 3 is 2.27 bits per heavy atom. The summed E-state index contributed by atoms with van der Waals surface area (Å²) in [5.41, 5.74) is 1.83. The summed E-state index contributed by atoms with van der Waals surface area (Å²) in [7, 11) is -2.18. The van der Waals surface area contributed by atoms with E-state index in [0.29, 0.717) is 0 Å². The number of hydroxylamine groups is 1. The van der Waals surface area contributed by atoms with Crippen molar-refractivity contribution < 1.29 is 18.0 Å². The van der Waals surface area contributed by atoms with Gasteiger partial charge in [0.2, 0.25) is 0 Å². The number of rotatable bonds is 4. The summed E-state index contributed by atoms with van der Waals surface area (Å²) in [6.07, 6.45) is 1.44. The molecule has 0 saturated carbocycles. The van der Waals surface area contributed by atoms with Crippen molar-refractivity contribution in [2.45, 2.75) is 30.9 Å². The second-order valence-electron chi connectivity index (χ2n) is 6.12. The van der Waals surface area contributed by atoms with Crippen LogP contribution in [0.3, 0.4) is 0 Å². The molecule has 0 amide bonds. The van der Waals surface area contributed by atoms with Crippen molar-refractivity contribution in [1.82, 2.24) is 4.47 Å². The number of ether oxygens (including phenoxy) is 1. The highest BCUT2D eigenvalue weighted by atomic mass is 79.9. The Balaban J connectivity index is 1.94. The van der Waals surface area contributed by atoms with Crippen LogP contribution in [0.4, 0.5) is 0 Å². The molecular weight excluding hydrogens is 418 g/mol. The summed E-state index contributed by atoms with van der Waals surface area (Å²) in [6, 6.07) is 13.5. The SMILES string of the molecule is COc1ccc(C2ON(S(=O)(=O)c3ccc(Br)cc3)C(C)C=C2C)cc1. The minimum Gasteiger partial charge on any atom is -0.497 e. The van der Waals surface area contributed by atoms with Crippen LogP contribution < -0.4 is 4.74 Å². The van der Waals surface area contributed by atoms with Gasteiger partial charge >= 0.3 is 0 Å². The first-order valence-electron chi connectivity index (χ1n) is 8.12. The Labute approximate surface area is 162 Å². The minimum atomic E-state index is -3.78. The van der Waals surface area contributed by atoms with Gasteiger partial charge in [0.1, 0.15) is 11.9 Å². The number of benzene rings is 2. The first kappa shape index (κ1) is 19.1. The van der Waals surface area contributed by atoms with Gasteiger partial charge in [0, 0.05) is 4.47 Å². The van der Waals surface area contributed by atoms with E-state index in [1.54, 1.807) is 38.3 Å². The van der Waals surface area contributed by atoms with Crippen molar-refractivity contribution in [3.05, 3.63) is 70.2 Å². The highest BCUT2D eigenvalue weighted by molar-refractivity contribution is 9.10. The van der Waals surface area contributed by atoms with Gasteiger partial charge in [-0.15, -0.1) is 0 Å². The fourth-order valence-corrected chi connectivity index (χ4v) is 4.55. The third kappa shape index (κ3) is 3.71. The van der Waals surface area contributed by atoms with Gasteiger partial charge in [-0.25, -0.2) is 8.42 Å². The monoisotopic (exact) mass is 437 g/mol. The van der Waals surface area contributed by atoms with Crippen LogP contribution in [-0.2, 0) is 14.9 Å². The average Bonchev–Trinajstić information content (AvgIpc) is 2.62. The van der Waals surface area contributed by atoms with Gasteiger partial charge in [-0.3, -0.25) is 4.84 Å². The second-order valence-corrected chi connectivity index (χ2v) is 8.82. The molecule has 1 heterocycles. The second kappa shape index (κ2) is 7.52. The lowest BCUT2D eigenvalue weighted by Crippen LogP contribution is -2.41. The summed E-state index contributed by atoms with van der Waals surface area (Å²) < 4.78 is 33.1. The van der Waals surface area contributed by atoms with Gasteiger partial charge in [0.15, 0.2) is 0 Å². The number of methoxy groups -OCH3 is 1. The van der Waals surface area contributed by atoms with Gasteiger partial charge in [-0.05, 0) is 61.4 Å². The van der Waals surface area contributed by atoms with Gasteiger partial charge in [0.05, 0.1) is 18.0 Å². The number of sulfonamides is 1. The predicted octanol–water partition coefficient (Wildman–Crippen LogP) is 4.47. The number of hydrogen-bond acceptors (Lipinski definition) is 4. The quantitative estimate of drug-likeness (QED) is 0.662. The molecule has 3 rings (SSSR count). The van der Waals surface area contributed by atoms with Crippen LogP contribution in [0.15, 0.2) is 69.5 Å². The van der Waals surface area contributed by atoms with Gasteiger partial charge in [-0.2, -0.15) is 0 Å². The van der Waals surface area contributed by atoms with Crippen LogP contribution in [0.25, 0.3) is 0 Å². The van der Waals surface area contributed by atoms with E-state index >= 15 is 0 Å². The third-order valence-corrected chi connectivity index (χ3v) is 6.52. The van der Waals surface area contributed by atoms with Crippen LogP contribution in [0, 0.1) is 0 Å². The molecule has 0 spiro atoms. The Morgan fingerprint density at radius 2 is 1.69 bits per heavy atom. The van der Waals surface area contributed by atoms with Gasteiger partial charge < -0.3 is 4.74 Å². The Morgan fingerprint density at radius 1 is 1.08 bits per heavy atom. The molecule has 0 fully saturated rings. The largest absolute Gasteiger partial charge is 0.497 e. The molecule has 2 aromatic carbocycles. The average molecular weight is 438 g/mol. The van der Waals surface area contributed by atoms with Crippen molar-refractivity contribution in [1.29, 1.82) is 0 Å². The normalized spacial score (nSPS) is 21.3. The molecule has 1 aliphatic rings. The third-order valence-electron chi connectivity index (χ3n) is 4.23. The van der Waals surface area contributed by atoms with E-state index in [-0.39, 0.29) is 4.90 Å². The molecule has 2 aromatic rings. The molecule has 0 saturated heterocycles. The molecule has 0 radical (unpaired) electrons. The molecule has 0 bridgehead atoms. The number of hydrogen-bond donors (Lipinski definition) is 0. The molecule has 0 N–H and O–H groups in total. The van der Waals surface area contributed by atoms with E-state index in [4.69, 9.17) is 9.57 Å². The molecule has 2 atom stereocenters. The smallest absolute Gasteiger partial charge is 0.265 e. The predicted molar refractivity (Wildman–Crippen MR) is 103 cm³/mol. The molecular formula is C19H20BrNO4S. The van der Waals surface area contributed by atoms with Crippen molar-refractivity contribution in [3.8, 4) is 5.75 Å². The fraction of sp³-hybridized carbons (Fsp3) is 0.263. The van der Waals surface area contributed by atoms with Crippen molar-refractivity contribution >= 4 is 26.0 Å². The molecule has 0 aromatic heterocycles. The molecule has 138 valence electrons. The van der Waals surface area contributed by atoms with E-state index < -0.39 is 22.2 Å². The Hall–Kier alpha value is -1.67. The highest BCUT2D eigenvalue weighted by Gasteiger charge is 2.36. The first-order valence-corrected chi connectivity index (χ1v) is 10.4. The van der Waals surface area contributed by atoms with Crippen LogP contribution in [0.2, 0.25) is 0 Å². The lowest BCUT2D eigenvalue weighted by molar-refractivity contribution is -0.143. The molecule has 26 heavy (non-hydrogen) atoms. The summed E-state index contributed by atoms with van der Waals surface area (Å²) in [5.74, 6) is 0.735. The van der Waals surface area contributed by atoms with Crippen LogP contribution in [-0.4, -0.2) is 26.0 Å². The first-order chi connectivity index (χ1) is 12.3. The van der Waals surface area contributed by atoms with Gasteiger partial charge in [0.25, 0.3) is 10.0 Å². The molecule has 2 unspecified atom stereocenters. The molecule has 5 nitrogen and oxygen atoms in total. The van der Waals surface area contributed by atoms with E-state index in [0.717, 1.165) is 25.8 Å². The summed E-state index contributed by atoms with van der Waals surface area (Å²) >= 11 is 3.32. The maximum Gasteiger partial charge on any atom is 0.265 e. The maximum atomic E-state index is 13.0. The summed E-state index contributed by atoms with van der Waals surface area (Å²) in [4.78, 5) is 6.13. The van der Waals surface area contributed by atoms with Crippen LogP contribution in [0.1, 0.15) is 25.5 Å². The standard InChI is InChI=1S/C19H20BrNO4S/c1-13-12-14(2)21(26(22,23)18-10-6-16(20)7-11-18)25-19(13)15-4-8-17(24-3)9-5-15/h4-12,14,19H,1-3H3. The zero-order valence-corrected chi connectivity index (χ0v) is 17.1.